The average Bonchev–Trinajstić information content (AvgIpc) is 2.77. The smallest absolute Gasteiger partial charge is 0.241 e. The zero-order chi connectivity index (χ0) is 13.2. The predicted molar refractivity (Wildman–Crippen MR) is 80.2 cm³/mol. The second-order valence-electron chi connectivity index (χ2n) is 4.59. The second kappa shape index (κ2) is 5.10. The van der Waals surface area contributed by atoms with Gasteiger partial charge < -0.3 is 0 Å². The van der Waals surface area contributed by atoms with Crippen molar-refractivity contribution in [2.45, 2.75) is 17.5 Å². The maximum absolute atomic E-state index is 12.4. The summed E-state index contributed by atoms with van der Waals surface area (Å²) in [5.74, 6) is 0.185. The summed E-state index contributed by atoms with van der Waals surface area (Å²) in [6.45, 7) is 1.98. The van der Waals surface area contributed by atoms with Gasteiger partial charge in [0, 0.05) is 5.69 Å². The number of anilines is 1. The van der Waals surface area contributed by atoms with E-state index in [4.69, 9.17) is 0 Å². The van der Waals surface area contributed by atoms with Crippen LogP contribution in [-0.2, 0) is 4.79 Å². The number of nitrogens with zero attached hydrogens (tertiary/aromatic N) is 1. The van der Waals surface area contributed by atoms with Crippen LogP contribution in [0.5, 0.6) is 0 Å². The van der Waals surface area contributed by atoms with Crippen molar-refractivity contribution in [1.29, 1.82) is 0 Å². The minimum absolute atomic E-state index is 0.00501. The van der Waals surface area contributed by atoms with Gasteiger partial charge in [-0.3, -0.25) is 9.69 Å². The van der Waals surface area contributed by atoms with Crippen LogP contribution in [0, 0.1) is 0 Å². The number of benzene rings is 2. The summed E-state index contributed by atoms with van der Waals surface area (Å²) in [5.41, 5.74) is 2.15. The SMILES string of the molecule is C[C@@H]1S[C@H](c2ccccc2)N(c2ccccc2)C1=O. The normalized spacial score (nSPS) is 22.8. The molecule has 3 heteroatoms. The lowest BCUT2D eigenvalue weighted by Crippen LogP contribution is -2.29. The molecule has 0 aromatic heterocycles. The number of carbonyl (C=O) groups is 1. The third-order valence-electron chi connectivity index (χ3n) is 3.27. The minimum Gasteiger partial charge on any atom is -0.295 e. The monoisotopic (exact) mass is 269 g/mol. The highest BCUT2D eigenvalue weighted by atomic mass is 32.2. The van der Waals surface area contributed by atoms with Gasteiger partial charge in [0.15, 0.2) is 0 Å². The highest BCUT2D eigenvalue weighted by Gasteiger charge is 2.39. The fraction of sp³-hybridized carbons (Fsp3) is 0.188. The van der Waals surface area contributed by atoms with E-state index in [0.717, 1.165) is 5.69 Å². The summed E-state index contributed by atoms with van der Waals surface area (Å²) < 4.78 is 0. The largest absolute Gasteiger partial charge is 0.295 e. The van der Waals surface area contributed by atoms with Crippen LogP contribution in [0.2, 0.25) is 0 Å². The maximum Gasteiger partial charge on any atom is 0.241 e. The Kier molecular flexibility index (Phi) is 3.30. The van der Waals surface area contributed by atoms with Crippen LogP contribution < -0.4 is 4.90 Å². The third-order valence-corrected chi connectivity index (χ3v) is 4.62. The lowest BCUT2D eigenvalue weighted by molar-refractivity contribution is -0.117. The van der Waals surface area contributed by atoms with E-state index in [9.17, 15) is 4.79 Å². The number of hydrogen-bond donors (Lipinski definition) is 0. The van der Waals surface area contributed by atoms with E-state index >= 15 is 0 Å². The Balaban J connectivity index is 2.02. The Morgan fingerprint density at radius 3 is 2.16 bits per heavy atom. The lowest BCUT2D eigenvalue weighted by Gasteiger charge is -2.24. The summed E-state index contributed by atoms with van der Waals surface area (Å²) in [4.78, 5) is 14.3. The van der Waals surface area contributed by atoms with Crippen molar-refractivity contribution in [3.05, 3.63) is 66.2 Å². The van der Waals surface area contributed by atoms with E-state index in [2.05, 4.69) is 12.1 Å². The second-order valence-corrected chi connectivity index (χ2v) is 6.01. The first-order valence-electron chi connectivity index (χ1n) is 6.36. The molecule has 96 valence electrons. The number of rotatable bonds is 2. The van der Waals surface area contributed by atoms with Gasteiger partial charge in [-0.1, -0.05) is 48.5 Å². The molecule has 1 heterocycles. The van der Waals surface area contributed by atoms with E-state index in [1.807, 2.05) is 60.4 Å². The van der Waals surface area contributed by atoms with E-state index in [1.165, 1.54) is 5.56 Å². The number of para-hydroxylation sites is 1. The average molecular weight is 269 g/mol. The van der Waals surface area contributed by atoms with Crippen LogP contribution in [-0.4, -0.2) is 11.2 Å². The van der Waals surface area contributed by atoms with Crippen molar-refractivity contribution in [1.82, 2.24) is 0 Å². The van der Waals surface area contributed by atoms with Gasteiger partial charge in [0.05, 0.1) is 5.25 Å². The Bertz CT molecular complexity index is 570. The molecule has 19 heavy (non-hydrogen) atoms. The highest BCUT2D eigenvalue weighted by Crippen LogP contribution is 2.45. The van der Waals surface area contributed by atoms with Crippen molar-refractivity contribution in [2.24, 2.45) is 0 Å². The number of amides is 1. The molecule has 0 N–H and O–H groups in total. The molecule has 0 unspecified atom stereocenters. The number of thioether (sulfide) groups is 1. The first-order valence-corrected chi connectivity index (χ1v) is 7.30. The van der Waals surface area contributed by atoms with Crippen LogP contribution in [0.4, 0.5) is 5.69 Å². The molecule has 2 aromatic rings. The van der Waals surface area contributed by atoms with Gasteiger partial charge >= 0.3 is 0 Å². The van der Waals surface area contributed by atoms with Crippen molar-refractivity contribution in [3.8, 4) is 0 Å². The Hall–Kier alpha value is -1.74. The fourth-order valence-electron chi connectivity index (χ4n) is 2.32. The predicted octanol–water partition coefficient (Wildman–Crippen LogP) is 3.85. The summed E-state index contributed by atoms with van der Waals surface area (Å²) in [6.07, 6.45) is 0. The molecule has 1 aliphatic rings. The van der Waals surface area contributed by atoms with Crippen molar-refractivity contribution in [2.75, 3.05) is 4.90 Å². The van der Waals surface area contributed by atoms with Gasteiger partial charge in [-0.15, -0.1) is 11.8 Å². The first-order chi connectivity index (χ1) is 9.27. The Labute approximate surface area is 117 Å². The molecule has 0 spiro atoms. The standard InChI is InChI=1S/C16H15NOS/c1-12-15(18)17(14-10-6-3-7-11-14)16(19-12)13-8-4-2-5-9-13/h2-12,16H,1H3/t12-,16+/m0/s1. The topological polar surface area (TPSA) is 20.3 Å². The molecule has 0 saturated carbocycles. The van der Waals surface area contributed by atoms with Crippen molar-refractivity contribution >= 4 is 23.4 Å². The number of hydrogen-bond acceptors (Lipinski definition) is 2. The maximum atomic E-state index is 12.4. The van der Waals surface area contributed by atoms with Crippen LogP contribution in [0.15, 0.2) is 60.7 Å². The molecule has 2 aromatic carbocycles. The zero-order valence-corrected chi connectivity index (χ0v) is 11.5. The molecule has 0 bridgehead atoms. The van der Waals surface area contributed by atoms with Crippen LogP contribution >= 0.6 is 11.8 Å². The molecule has 0 aliphatic carbocycles. The van der Waals surface area contributed by atoms with E-state index in [-0.39, 0.29) is 16.5 Å². The van der Waals surface area contributed by atoms with Crippen LogP contribution in [0.1, 0.15) is 17.9 Å². The van der Waals surface area contributed by atoms with Crippen LogP contribution in [0.25, 0.3) is 0 Å². The molecular formula is C16H15NOS. The molecule has 2 nitrogen and oxygen atoms in total. The molecule has 1 fully saturated rings. The highest BCUT2D eigenvalue weighted by molar-refractivity contribution is 8.01. The zero-order valence-electron chi connectivity index (χ0n) is 10.7. The summed E-state index contributed by atoms with van der Waals surface area (Å²) in [7, 11) is 0. The van der Waals surface area contributed by atoms with Gasteiger partial charge in [0.1, 0.15) is 5.37 Å². The molecule has 0 radical (unpaired) electrons. The molecule has 1 saturated heterocycles. The molecule has 2 atom stereocenters. The summed E-state index contributed by atoms with van der Waals surface area (Å²) >= 11 is 1.71. The molecular weight excluding hydrogens is 254 g/mol. The van der Waals surface area contributed by atoms with E-state index in [0.29, 0.717) is 0 Å². The molecule has 1 amide bonds. The van der Waals surface area contributed by atoms with Gasteiger partial charge in [0.25, 0.3) is 0 Å². The molecule has 3 rings (SSSR count). The van der Waals surface area contributed by atoms with Crippen molar-refractivity contribution < 1.29 is 4.79 Å². The third kappa shape index (κ3) is 2.26. The Morgan fingerprint density at radius 2 is 1.53 bits per heavy atom. The van der Waals surface area contributed by atoms with Gasteiger partial charge in [-0.2, -0.15) is 0 Å². The fourth-order valence-corrected chi connectivity index (χ4v) is 3.60. The summed E-state index contributed by atoms with van der Waals surface area (Å²) in [5, 5.41) is 0.0801. The Morgan fingerprint density at radius 1 is 0.947 bits per heavy atom. The van der Waals surface area contributed by atoms with Gasteiger partial charge in [0.2, 0.25) is 5.91 Å². The quantitative estimate of drug-likeness (QED) is 0.825. The van der Waals surface area contributed by atoms with E-state index < -0.39 is 0 Å². The first kappa shape index (κ1) is 12.3. The molecule has 1 aliphatic heterocycles. The van der Waals surface area contributed by atoms with Gasteiger partial charge in [-0.05, 0) is 24.6 Å². The number of carbonyl (C=O) groups excluding carboxylic acids is 1. The van der Waals surface area contributed by atoms with Crippen molar-refractivity contribution in [3.63, 3.8) is 0 Å². The lowest BCUT2D eigenvalue weighted by atomic mass is 10.2. The summed E-state index contributed by atoms with van der Waals surface area (Å²) in [6, 6.07) is 20.1. The van der Waals surface area contributed by atoms with Gasteiger partial charge in [-0.25, -0.2) is 0 Å². The minimum atomic E-state index is 0.00501. The van der Waals surface area contributed by atoms with E-state index in [1.54, 1.807) is 11.8 Å². The van der Waals surface area contributed by atoms with Crippen LogP contribution in [0.3, 0.4) is 0 Å².